The van der Waals surface area contributed by atoms with Crippen molar-refractivity contribution in [3.8, 4) is 0 Å². The van der Waals surface area contributed by atoms with Crippen LogP contribution in [0.3, 0.4) is 0 Å². The van der Waals surface area contributed by atoms with Crippen LogP contribution in [0.25, 0.3) is 0 Å². The van der Waals surface area contributed by atoms with Crippen LogP contribution in [0.5, 0.6) is 0 Å². The smallest absolute Gasteiger partial charge is 0.306 e. The van der Waals surface area contributed by atoms with E-state index in [-0.39, 0.29) is 31.1 Å². The third kappa shape index (κ3) is 61.2. The number of allylic oxidation sites excluding steroid dienone is 16. The Balaban J connectivity index is 4.16. The summed E-state index contributed by atoms with van der Waals surface area (Å²) in [5, 5.41) is 0. The second-order valence-corrected chi connectivity index (χ2v) is 21.3. The normalized spacial score (nSPS) is 12.7. The van der Waals surface area contributed by atoms with Gasteiger partial charge >= 0.3 is 17.9 Å². The fourth-order valence-corrected chi connectivity index (χ4v) is 9.03. The highest BCUT2D eigenvalue weighted by atomic mass is 16.6. The summed E-state index contributed by atoms with van der Waals surface area (Å²) in [6.07, 6.45) is 85.7. The van der Waals surface area contributed by atoms with E-state index in [1.807, 2.05) is 0 Å². The Morgan fingerprint density at radius 3 is 0.816 bits per heavy atom. The van der Waals surface area contributed by atoms with E-state index in [0.29, 0.717) is 19.3 Å². The molecular weight excluding hydrogens is 937 g/mol. The molecular formula is C70H120O6. The molecule has 0 fully saturated rings. The first-order valence-corrected chi connectivity index (χ1v) is 32.2. The highest BCUT2D eigenvalue weighted by molar-refractivity contribution is 5.71. The van der Waals surface area contributed by atoms with E-state index in [4.69, 9.17) is 14.2 Å². The molecule has 0 spiro atoms. The third-order valence-corrected chi connectivity index (χ3v) is 13.8. The molecule has 0 aromatic heterocycles. The van der Waals surface area contributed by atoms with Gasteiger partial charge in [-0.15, -0.1) is 0 Å². The van der Waals surface area contributed by atoms with Crippen molar-refractivity contribution in [2.24, 2.45) is 0 Å². The molecule has 0 radical (unpaired) electrons. The van der Waals surface area contributed by atoms with Crippen LogP contribution in [0.1, 0.15) is 310 Å². The average molecular weight is 1060 g/mol. The van der Waals surface area contributed by atoms with Gasteiger partial charge in [0.05, 0.1) is 0 Å². The first-order chi connectivity index (χ1) is 37.5. The van der Waals surface area contributed by atoms with E-state index >= 15 is 0 Å². The van der Waals surface area contributed by atoms with Crippen molar-refractivity contribution in [3.63, 3.8) is 0 Å². The van der Waals surface area contributed by atoms with Gasteiger partial charge < -0.3 is 14.2 Å². The van der Waals surface area contributed by atoms with Crippen LogP contribution in [0, 0.1) is 0 Å². The van der Waals surface area contributed by atoms with Crippen molar-refractivity contribution in [3.05, 3.63) is 97.2 Å². The molecule has 6 heteroatoms. The lowest BCUT2D eigenvalue weighted by molar-refractivity contribution is -0.167. The van der Waals surface area contributed by atoms with Crippen LogP contribution in [0.4, 0.5) is 0 Å². The average Bonchev–Trinajstić information content (AvgIpc) is 3.42. The molecule has 1 unspecified atom stereocenters. The molecule has 6 nitrogen and oxygen atoms in total. The van der Waals surface area contributed by atoms with E-state index < -0.39 is 6.10 Å². The van der Waals surface area contributed by atoms with Crippen LogP contribution in [-0.2, 0) is 28.6 Å². The molecule has 0 aliphatic rings. The van der Waals surface area contributed by atoms with E-state index in [2.05, 4.69) is 118 Å². The molecule has 1 atom stereocenters. The molecule has 0 saturated heterocycles. The maximum atomic E-state index is 12.9. The molecule has 0 aliphatic carbocycles. The van der Waals surface area contributed by atoms with Crippen LogP contribution < -0.4 is 0 Å². The minimum absolute atomic E-state index is 0.0846. The van der Waals surface area contributed by atoms with Gasteiger partial charge in [0.25, 0.3) is 0 Å². The lowest BCUT2D eigenvalue weighted by Gasteiger charge is -2.18. The monoisotopic (exact) mass is 1060 g/mol. The van der Waals surface area contributed by atoms with Gasteiger partial charge in [0.2, 0.25) is 0 Å². The van der Waals surface area contributed by atoms with Gasteiger partial charge in [-0.3, -0.25) is 14.4 Å². The Bertz CT molecular complexity index is 1490. The first kappa shape index (κ1) is 72.3. The molecule has 0 amide bonds. The Hall–Kier alpha value is -3.67. The summed E-state index contributed by atoms with van der Waals surface area (Å²) in [5.41, 5.74) is 0. The third-order valence-electron chi connectivity index (χ3n) is 13.8. The summed E-state index contributed by atoms with van der Waals surface area (Å²) in [6, 6.07) is 0. The fraction of sp³-hybridized carbons (Fsp3) is 0.729. The first-order valence-electron chi connectivity index (χ1n) is 32.2. The quantitative estimate of drug-likeness (QED) is 0.0261. The molecule has 0 aliphatic heterocycles. The van der Waals surface area contributed by atoms with Crippen molar-refractivity contribution in [1.29, 1.82) is 0 Å². The molecule has 436 valence electrons. The lowest BCUT2D eigenvalue weighted by atomic mass is 10.0. The maximum Gasteiger partial charge on any atom is 0.306 e. The summed E-state index contributed by atoms with van der Waals surface area (Å²) >= 11 is 0. The molecule has 0 N–H and O–H groups in total. The molecule has 0 saturated carbocycles. The van der Waals surface area contributed by atoms with Crippen molar-refractivity contribution in [2.45, 2.75) is 316 Å². The SMILES string of the molecule is CC/C=C\C/C=C\C/C=C\C/C=C\CCCCCCCCCCCCCCCCCCCCC(=O)OCC(COC(=O)CCCCCCC/C=C\CCCCC)OC(=O)CCCCCCC/C=C\C/C=C\C/C=C\CC. The minimum Gasteiger partial charge on any atom is -0.462 e. The predicted octanol–water partition coefficient (Wildman–Crippen LogP) is 22.0. The zero-order chi connectivity index (χ0) is 55.0. The van der Waals surface area contributed by atoms with Gasteiger partial charge in [0, 0.05) is 19.3 Å². The number of hydrogen-bond acceptors (Lipinski definition) is 6. The number of carbonyl (C=O) groups is 3. The van der Waals surface area contributed by atoms with Crippen LogP contribution in [0.15, 0.2) is 97.2 Å². The molecule has 0 aromatic rings. The zero-order valence-electron chi connectivity index (χ0n) is 50.0. The Kier molecular flexibility index (Phi) is 60.8. The molecule has 0 rings (SSSR count). The van der Waals surface area contributed by atoms with Crippen LogP contribution in [-0.4, -0.2) is 37.2 Å². The number of esters is 3. The van der Waals surface area contributed by atoms with Gasteiger partial charge in [-0.05, 0) is 116 Å². The summed E-state index contributed by atoms with van der Waals surface area (Å²) in [4.78, 5) is 38.2. The van der Waals surface area contributed by atoms with Crippen molar-refractivity contribution >= 4 is 17.9 Å². The maximum absolute atomic E-state index is 12.9. The molecule has 0 aromatic carbocycles. The summed E-state index contributed by atoms with van der Waals surface area (Å²) in [5.74, 6) is -0.902. The number of carbonyl (C=O) groups excluding carboxylic acids is 3. The van der Waals surface area contributed by atoms with Crippen molar-refractivity contribution in [1.82, 2.24) is 0 Å². The van der Waals surface area contributed by atoms with Crippen molar-refractivity contribution < 1.29 is 28.6 Å². The number of hydrogen-bond donors (Lipinski definition) is 0. The Morgan fingerprint density at radius 1 is 0.276 bits per heavy atom. The number of unbranched alkanes of at least 4 members (excludes halogenated alkanes) is 31. The van der Waals surface area contributed by atoms with E-state index in [0.717, 1.165) is 128 Å². The number of ether oxygens (including phenoxy) is 3. The second-order valence-electron chi connectivity index (χ2n) is 21.3. The van der Waals surface area contributed by atoms with Gasteiger partial charge in [0.15, 0.2) is 6.10 Å². The molecule has 76 heavy (non-hydrogen) atoms. The summed E-state index contributed by atoms with van der Waals surface area (Å²) in [7, 11) is 0. The fourth-order valence-electron chi connectivity index (χ4n) is 9.03. The van der Waals surface area contributed by atoms with E-state index in [1.54, 1.807) is 0 Å². The standard InChI is InChI=1S/C70H120O6/c1-4-7-10-13-16-19-22-25-27-28-29-30-31-32-33-34-35-36-37-38-39-40-41-42-44-45-48-51-54-57-60-63-69(72)75-66-67(65-74-68(71)62-59-56-53-50-47-24-21-18-15-12-9-6-3)76-70(73)64-61-58-55-52-49-46-43-26-23-20-17-14-11-8-5-2/h7-8,10-11,16-21,25-27,29-30,43,67H,4-6,9,12-15,22-24,28,31-42,44-66H2,1-3H3/b10-7-,11-8-,19-16-,20-17-,21-18-,27-25-,30-29-,43-26-. The predicted molar refractivity (Wildman–Crippen MR) is 330 cm³/mol. The Labute approximate surface area is 470 Å². The van der Waals surface area contributed by atoms with E-state index in [9.17, 15) is 14.4 Å². The van der Waals surface area contributed by atoms with Gasteiger partial charge in [0.1, 0.15) is 13.2 Å². The highest BCUT2D eigenvalue weighted by Gasteiger charge is 2.19. The minimum atomic E-state index is -0.789. The largest absolute Gasteiger partial charge is 0.462 e. The lowest BCUT2D eigenvalue weighted by Crippen LogP contribution is -2.30. The topological polar surface area (TPSA) is 78.9 Å². The van der Waals surface area contributed by atoms with Gasteiger partial charge in [-0.2, -0.15) is 0 Å². The highest BCUT2D eigenvalue weighted by Crippen LogP contribution is 2.17. The number of rotatable bonds is 58. The van der Waals surface area contributed by atoms with Gasteiger partial charge in [-0.25, -0.2) is 0 Å². The van der Waals surface area contributed by atoms with Crippen LogP contribution >= 0.6 is 0 Å². The molecule has 0 bridgehead atoms. The van der Waals surface area contributed by atoms with Crippen LogP contribution in [0.2, 0.25) is 0 Å². The van der Waals surface area contributed by atoms with E-state index in [1.165, 1.54) is 141 Å². The second kappa shape index (κ2) is 63.9. The summed E-state index contributed by atoms with van der Waals surface area (Å²) in [6.45, 7) is 6.39. The van der Waals surface area contributed by atoms with Crippen molar-refractivity contribution in [2.75, 3.05) is 13.2 Å². The van der Waals surface area contributed by atoms with Gasteiger partial charge in [-0.1, -0.05) is 272 Å². The molecule has 0 heterocycles. The zero-order valence-corrected chi connectivity index (χ0v) is 50.0. The summed E-state index contributed by atoms with van der Waals surface area (Å²) < 4.78 is 16.9. The Morgan fingerprint density at radius 2 is 0.513 bits per heavy atom.